The van der Waals surface area contributed by atoms with Gasteiger partial charge in [-0.05, 0) is 56.7 Å². The Labute approximate surface area is 142 Å². The monoisotopic (exact) mass is 332 g/mol. The number of aromatic nitrogens is 2. The predicted molar refractivity (Wildman–Crippen MR) is 90.8 cm³/mol. The molecule has 0 spiro atoms. The van der Waals surface area contributed by atoms with Gasteiger partial charge in [-0.25, -0.2) is 4.39 Å². The zero-order valence-electron chi connectivity index (χ0n) is 14.6. The molecule has 1 aromatic carbocycles. The summed E-state index contributed by atoms with van der Waals surface area (Å²) in [6.45, 7) is 8.55. The third-order valence-corrected chi connectivity index (χ3v) is 4.91. The molecular formula is C18H25FN4O. The van der Waals surface area contributed by atoms with Gasteiger partial charge in [0, 0.05) is 18.2 Å². The molecule has 24 heavy (non-hydrogen) atoms. The lowest BCUT2D eigenvalue weighted by atomic mass is 9.92. The van der Waals surface area contributed by atoms with E-state index in [0.29, 0.717) is 30.2 Å². The highest BCUT2D eigenvalue weighted by Gasteiger charge is 2.29. The fourth-order valence-corrected chi connectivity index (χ4v) is 3.53. The van der Waals surface area contributed by atoms with E-state index in [4.69, 9.17) is 4.52 Å². The van der Waals surface area contributed by atoms with Crippen molar-refractivity contribution < 1.29 is 8.91 Å². The number of hydrogen-bond acceptors (Lipinski definition) is 5. The number of nitrogens with zero attached hydrogens (tertiary/aromatic N) is 4. The van der Waals surface area contributed by atoms with E-state index in [1.54, 1.807) is 12.1 Å². The molecule has 1 aliphatic rings. The molecule has 0 amide bonds. The largest absolute Gasteiger partial charge is 0.338 e. The molecule has 0 saturated carbocycles. The Morgan fingerprint density at radius 2 is 2.08 bits per heavy atom. The molecule has 0 bridgehead atoms. The van der Waals surface area contributed by atoms with Gasteiger partial charge in [0.2, 0.25) is 11.7 Å². The standard InChI is InChI=1S/C18H25FN4O/c1-4-23-10-9-16(13(2)11-23)22(3)12-17-20-18(21-24-17)14-5-7-15(19)8-6-14/h5-8,13,16H,4,9-12H2,1-3H3/t13-,16-/m0/s1. The summed E-state index contributed by atoms with van der Waals surface area (Å²) in [6, 6.07) is 6.65. The lowest BCUT2D eigenvalue weighted by molar-refractivity contribution is 0.0724. The molecule has 1 aromatic heterocycles. The maximum atomic E-state index is 13.0. The molecule has 1 aliphatic heterocycles. The van der Waals surface area contributed by atoms with Crippen molar-refractivity contribution in [1.29, 1.82) is 0 Å². The number of halogens is 1. The molecule has 0 aliphatic carbocycles. The highest BCUT2D eigenvalue weighted by molar-refractivity contribution is 5.53. The second-order valence-electron chi connectivity index (χ2n) is 6.66. The summed E-state index contributed by atoms with van der Waals surface area (Å²) in [5, 5.41) is 4.02. The summed E-state index contributed by atoms with van der Waals surface area (Å²) in [4.78, 5) is 9.25. The summed E-state index contributed by atoms with van der Waals surface area (Å²) < 4.78 is 18.4. The van der Waals surface area contributed by atoms with Crippen LogP contribution in [0.25, 0.3) is 11.4 Å². The van der Waals surface area contributed by atoms with Gasteiger partial charge in [0.05, 0.1) is 6.54 Å². The van der Waals surface area contributed by atoms with Crippen LogP contribution in [0.1, 0.15) is 26.2 Å². The Kier molecular flexibility index (Phi) is 5.26. The number of benzene rings is 1. The normalized spacial score (nSPS) is 22.2. The van der Waals surface area contributed by atoms with E-state index in [1.807, 2.05) is 0 Å². The summed E-state index contributed by atoms with van der Waals surface area (Å²) in [6.07, 6.45) is 1.16. The molecule has 0 unspecified atom stereocenters. The van der Waals surface area contributed by atoms with Crippen molar-refractivity contribution in [3.8, 4) is 11.4 Å². The third-order valence-electron chi connectivity index (χ3n) is 4.91. The van der Waals surface area contributed by atoms with Crippen molar-refractivity contribution in [2.24, 2.45) is 5.92 Å². The van der Waals surface area contributed by atoms with Crippen molar-refractivity contribution in [1.82, 2.24) is 19.9 Å². The maximum Gasteiger partial charge on any atom is 0.241 e. The van der Waals surface area contributed by atoms with Gasteiger partial charge in [0.25, 0.3) is 0 Å². The Morgan fingerprint density at radius 3 is 2.75 bits per heavy atom. The van der Waals surface area contributed by atoms with Gasteiger partial charge in [-0.15, -0.1) is 0 Å². The van der Waals surface area contributed by atoms with Crippen LogP contribution in [0, 0.1) is 11.7 Å². The predicted octanol–water partition coefficient (Wildman–Crippen LogP) is 3.04. The van der Waals surface area contributed by atoms with E-state index < -0.39 is 0 Å². The van der Waals surface area contributed by atoms with Gasteiger partial charge in [-0.3, -0.25) is 4.90 Å². The van der Waals surface area contributed by atoms with Crippen molar-refractivity contribution in [3.05, 3.63) is 36.0 Å². The van der Waals surface area contributed by atoms with E-state index in [-0.39, 0.29) is 5.82 Å². The van der Waals surface area contributed by atoms with Crippen LogP contribution in [0.4, 0.5) is 4.39 Å². The van der Waals surface area contributed by atoms with Crippen LogP contribution in [-0.4, -0.2) is 52.7 Å². The SMILES string of the molecule is CCN1CC[C@H](N(C)Cc2nc(-c3ccc(F)cc3)no2)[C@@H](C)C1. The Morgan fingerprint density at radius 1 is 1.33 bits per heavy atom. The highest BCUT2D eigenvalue weighted by atomic mass is 19.1. The molecule has 1 fully saturated rings. The summed E-state index contributed by atoms with van der Waals surface area (Å²) in [5.74, 6) is 1.45. The van der Waals surface area contributed by atoms with Crippen LogP contribution in [0.3, 0.4) is 0 Å². The maximum absolute atomic E-state index is 13.0. The molecule has 5 nitrogen and oxygen atoms in total. The number of likely N-dealkylation sites (tertiary alicyclic amines) is 1. The minimum atomic E-state index is -0.269. The van der Waals surface area contributed by atoms with Crippen LogP contribution < -0.4 is 0 Å². The Hall–Kier alpha value is -1.79. The van der Waals surface area contributed by atoms with Crippen LogP contribution in [0.2, 0.25) is 0 Å². The van der Waals surface area contributed by atoms with E-state index in [1.165, 1.54) is 12.1 Å². The first-order valence-corrected chi connectivity index (χ1v) is 8.58. The van der Waals surface area contributed by atoms with E-state index in [2.05, 4.69) is 40.8 Å². The summed E-state index contributed by atoms with van der Waals surface area (Å²) in [7, 11) is 2.12. The lowest BCUT2D eigenvalue weighted by Gasteiger charge is -2.40. The van der Waals surface area contributed by atoms with E-state index in [9.17, 15) is 4.39 Å². The molecule has 0 N–H and O–H groups in total. The Balaban J connectivity index is 1.63. The van der Waals surface area contributed by atoms with Crippen LogP contribution in [-0.2, 0) is 6.54 Å². The molecular weight excluding hydrogens is 307 g/mol. The van der Waals surface area contributed by atoms with Gasteiger partial charge in [0.15, 0.2) is 0 Å². The van der Waals surface area contributed by atoms with Crippen molar-refractivity contribution >= 4 is 0 Å². The van der Waals surface area contributed by atoms with Crippen LogP contribution in [0.15, 0.2) is 28.8 Å². The average Bonchev–Trinajstić information content (AvgIpc) is 3.03. The van der Waals surface area contributed by atoms with Gasteiger partial charge >= 0.3 is 0 Å². The van der Waals surface area contributed by atoms with Gasteiger partial charge < -0.3 is 9.42 Å². The zero-order chi connectivity index (χ0) is 17.1. The first-order valence-electron chi connectivity index (χ1n) is 8.58. The zero-order valence-corrected chi connectivity index (χ0v) is 14.6. The smallest absolute Gasteiger partial charge is 0.241 e. The van der Waals surface area contributed by atoms with Gasteiger partial charge in [-0.2, -0.15) is 4.98 Å². The van der Waals surface area contributed by atoms with Gasteiger partial charge in [-0.1, -0.05) is 19.0 Å². The molecule has 2 atom stereocenters. The van der Waals surface area contributed by atoms with Crippen molar-refractivity contribution in [2.45, 2.75) is 32.9 Å². The van der Waals surface area contributed by atoms with E-state index in [0.717, 1.165) is 31.6 Å². The number of hydrogen-bond donors (Lipinski definition) is 0. The van der Waals surface area contributed by atoms with Crippen LogP contribution >= 0.6 is 0 Å². The molecule has 6 heteroatoms. The lowest BCUT2D eigenvalue weighted by Crippen LogP contribution is -2.48. The number of rotatable bonds is 5. The quantitative estimate of drug-likeness (QED) is 0.842. The average molecular weight is 332 g/mol. The van der Waals surface area contributed by atoms with Crippen LogP contribution in [0.5, 0.6) is 0 Å². The van der Waals surface area contributed by atoms with Gasteiger partial charge in [0.1, 0.15) is 5.82 Å². The fourth-order valence-electron chi connectivity index (χ4n) is 3.53. The summed E-state index contributed by atoms with van der Waals surface area (Å²) in [5.41, 5.74) is 0.763. The highest BCUT2D eigenvalue weighted by Crippen LogP contribution is 2.23. The Bertz CT molecular complexity index is 657. The minimum absolute atomic E-state index is 0.269. The third kappa shape index (κ3) is 3.82. The summed E-state index contributed by atoms with van der Waals surface area (Å²) >= 11 is 0. The van der Waals surface area contributed by atoms with Crippen molar-refractivity contribution in [3.63, 3.8) is 0 Å². The fraction of sp³-hybridized carbons (Fsp3) is 0.556. The molecule has 0 radical (unpaired) electrons. The second kappa shape index (κ2) is 7.40. The minimum Gasteiger partial charge on any atom is -0.338 e. The molecule has 1 saturated heterocycles. The molecule has 130 valence electrons. The number of piperidine rings is 1. The first-order chi connectivity index (χ1) is 11.6. The first kappa shape index (κ1) is 17.0. The molecule has 3 rings (SSSR count). The second-order valence-corrected chi connectivity index (χ2v) is 6.66. The van der Waals surface area contributed by atoms with Crippen molar-refractivity contribution in [2.75, 3.05) is 26.7 Å². The molecule has 2 heterocycles. The topological polar surface area (TPSA) is 45.4 Å². The van der Waals surface area contributed by atoms with E-state index >= 15 is 0 Å². The molecule has 2 aromatic rings.